The van der Waals surface area contributed by atoms with Crippen molar-refractivity contribution in [2.24, 2.45) is 0 Å². The molecule has 4 heteroatoms. The van der Waals surface area contributed by atoms with Crippen molar-refractivity contribution < 1.29 is 15.0 Å². The highest BCUT2D eigenvalue weighted by Crippen LogP contribution is 2.43. The smallest absolute Gasteiger partial charge is 0.167 e. The first-order valence-electron chi connectivity index (χ1n) is 8.40. The average Bonchev–Trinajstić information content (AvgIpc) is 2.93. The summed E-state index contributed by atoms with van der Waals surface area (Å²) < 4.78 is 0. The maximum absolute atomic E-state index is 11.7. The maximum Gasteiger partial charge on any atom is 0.167 e. The summed E-state index contributed by atoms with van der Waals surface area (Å²) in [7, 11) is 0. The fourth-order valence-electron chi connectivity index (χ4n) is 3.26. The molecule has 0 aliphatic heterocycles. The van der Waals surface area contributed by atoms with Crippen molar-refractivity contribution in [3.63, 3.8) is 0 Å². The van der Waals surface area contributed by atoms with Gasteiger partial charge < -0.3 is 15.2 Å². The average molecular weight is 337 g/mol. The van der Waals surface area contributed by atoms with Crippen LogP contribution in [-0.4, -0.2) is 21.0 Å². The van der Waals surface area contributed by atoms with Gasteiger partial charge in [-0.2, -0.15) is 0 Å². The number of carbonyl (C=O) groups is 1. The summed E-state index contributed by atoms with van der Waals surface area (Å²) in [5, 5.41) is 22.3. The third-order valence-corrected chi connectivity index (χ3v) is 4.61. The van der Waals surface area contributed by atoms with Gasteiger partial charge in [0.15, 0.2) is 11.5 Å². The minimum atomic E-state index is -0.153. The van der Waals surface area contributed by atoms with E-state index in [1.807, 2.05) is 18.2 Å². The van der Waals surface area contributed by atoms with Crippen LogP contribution in [0.3, 0.4) is 0 Å². The minimum Gasteiger partial charge on any atom is -0.504 e. The van der Waals surface area contributed by atoms with Gasteiger partial charge in [-0.25, -0.2) is 0 Å². The van der Waals surface area contributed by atoms with E-state index in [4.69, 9.17) is 0 Å². The molecule has 25 heavy (non-hydrogen) atoms. The number of hydrogen-bond donors (Lipinski definition) is 3. The molecule has 3 rings (SSSR count). The third-order valence-electron chi connectivity index (χ3n) is 4.61. The first-order chi connectivity index (χ1) is 11.8. The first-order valence-corrected chi connectivity index (χ1v) is 8.40. The van der Waals surface area contributed by atoms with Crippen LogP contribution in [0.1, 0.15) is 37.5 Å². The molecule has 0 aliphatic carbocycles. The fourth-order valence-corrected chi connectivity index (χ4v) is 3.26. The number of aromatic nitrogens is 1. The van der Waals surface area contributed by atoms with E-state index < -0.39 is 0 Å². The van der Waals surface area contributed by atoms with Gasteiger partial charge in [-0.05, 0) is 57.4 Å². The molecule has 0 unspecified atom stereocenters. The third kappa shape index (κ3) is 3.00. The molecule has 3 N–H and O–H groups in total. The number of ketones is 1. The number of benzene rings is 2. The molecule has 1 heterocycles. The van der Waals surface area contributed by atoms with Gasteiger partial charge in [0.25, 0.3) is 0 Å². The summed E-state index contributed by atoms with van der Waals surface area (Å²) in [4.78, 5) is 15.0. The lowest BCUT2D eigenvalue weighted by atomic mass is 9.97. The van der Waals surface area contributed by atoms with E-state index in [0.717, 1.165) is 34.0 Å². The van der Waals surface area contributed by atoms with Crippen LogP contribution < -0.4 is 0 Å². The number of fused-ring (bicyclic) bond motifs is 3. The van der Waals surface area contributed by atoms with Crippen molar-refractivity contribution in [1.82, 2.24) is 4.98 Å². The number of phenolic OH excluding ortho intramolecular Hbond substituents is 2. The van der Waals surface area contributed by atoms with Gasteiger partial charge in [-0.3, -0.25) is 4.79 Å². The van der Waals surface area contributed by atoms with Crippen LogP contribution in [0, 0.1) is 6.92 Å². The number of carbonyl (C=O) groups excluding carboxylic acids is 1. The molecule has 0 spiro atoms. The molecule has 130 valence electrons. The number of H-pyrrole nitrogens is 1. The largest absolute Gasteiger partial charge is 0.504 e. The molecule has 2 aromatic carbocycles. The molecule has 1 aromatic heterocycles. The molecule has 0 amide bonds. The van der Waals surface area contributed by atoms with E-state index in [0.29, 0.717) is 10.9 Å². The van der Waals surface area contributed by atoms with Crippen molar-refractivity contribution in [3.05, 3.63) is 46.5 Å². The predicted molar refractivity (Wildman–Crippen MR) is 101 cm³/mol. The number of aromatic amines is 1. The van der Waals surface area contributed by atoms with E-state index in [9.17, 15) is 15.0 Å². The Balaban J connectivity index is 2.32. The summed E-state index contributed by atoms with van der Waals surface area (Å²) in [5.74, 6) is -0.276. The second kappa shape index (κ2) is 6.28. The van der Waals surface area contributed by atoms with Crippen molar-refractivity contribution in [3.8, 4) is 11.5 Å². The molecule has 0 radical (unpaired) electrons. The number of rotatable bonds is 4. The Kier molecular flexibility index (Phi) is 4.29. The van der Waals surface area contributed by atoms with Crippen LogP contribution in [0.15, 0.2) is 29.8 Å². The van der Waals surface area contributed by atoms with Crippen molar-refractivity contribution >= 4 is 27.6 Å². The lowest BCUT2D eigenvalue weighted by molar-refractivity contribution is -0.116. The zero-order valence-corrected chi connectivity index (χ0v) is 15.0. The molecule has 0 atom stereocenters. The van der Waals surface area contributed by atoms with Crippen LogP contribution in [-0.2, 0) is 17.6 Å². The van der Waals surface area contributed by atoms with E-state index in [2.05, 4.69) is 24.9 Å². The Morgan fingerprint density at radius 3 is 2.52 bits per heavy atom. The van der Waals surface area contributed by atoms with Crippen LogP contribution >= 0.6 is 0 Å². The summed E-state index contributed by atoms with van der Waals surface area (Å²) in [6, 6.07) is 6.05. The highest BCUT2D eigenvalue weighted by atomic mass is 16.3. The number of phenols is 2. The van der Waals surface area contributed by atoms with E-state index in [1.54, 1.807) is 6.92 Å². The molecule has 0 fully saturated rings. The van der Waals surface area contributed by atoms with Crippen LogP contribution in [0.25, 0.3) is 21.8 Å². The molecule has 0 saturated carbocycles. The lowest BCUT2D eigenvalue weighted by Crippen LogP contribution is -2.00. The fraction of sp³-hybridized carbons (Fsp3) is 0.286. The van der Waals surface area contributed by atoms with Crippen LogP contribution in [0.5, 0.6) is 11.5 Å². The van der Waals surface area contributed by atoms with Gasteiger partial charge in [0.1, 0.15) is 5.78 Å². The standard InChI is InChI=1S/C21H23NO3/c1-11(2)5-6-14-7-8-17-16(10-14)18-19(22-17)15(9-12(3)23)13(4)20(24)21(18)25/h5,7-8,10,22,24-25H,6,9H2,1-4H3. The molecule has 3 aromatic rings. The Labute approximate surface area is 146 Å². The summed E-state index contributed by atoms with van der Waals surface area (Å²) in [5.41, 5.74) is 5.25. The minimum absolute atomic E-state index is 0.0115. The topological polar surface area (TPSA) is 73.3 Å². The van der Waals surface area contributed by atoms with Crippen LogP contribution in [0.2, 0.25) is 0 Å². The highest BCUT2D eigenvalue weighted by Gasteiger charge is 2.20. The molecule has 0 aliphatic rings. The second-order valence-electron chi connectivity index (χ2n) is 6.92. The number of Topliss-reactive ketones (excluding diaryl/α,β-unsaturated/α-hetero) is 1. The van der Waals surface area contributed by atoms with Gasteiger partial charge in [0.2, 0.25) is 0 Å². The SMILES string of the molecule is CC(=O)Cc1c(C)c(O)c(O)c2c1[nH]c1ccc(CC=C(C)C)cc12. The van der Waals surface area contributed by atoms with E-state index >= 15 is 0 Å². The van der Waals surface area contributed by atoms with E-state index in [-0.39, 0.29) is 23.7 Å². The van der Waals surface area contributed by atoms with Crippen molar-refractivity contribution in [1.29, 1.82) is 0 Å². The lowest BCUT2D eigenvalue weighted by Gasteiger charge is -2.10. The Bertz CT molecular complexity index is 1020. The molecule has 0 saturated heterocycles. The van der Waals surface area contributed by atoms with Crippen molar-refractivity contribution in [2.45, 2.75) is 40.5 Å². The Morgan fingerprint density at radius 2 is 1.88 bits per heavy atom. The van der Waals surface area contributed by atoms with E-state index in [1.165, 1.54) is 12.5 Å². The van der Waals surface area contributed by atoms with Gasteiger partial charge in [-0.1, -0.05) is 17.7 Å². The molecular weight excluding hydrogens is 314 g/mol. The molecule has 0 bridgehead atoms. The number of nitrogens with one attached hydrogen (secondary N) is 1. The van der Waals surface area contributed by atoms with Crippen molar-refractivity contribution in [2.75, 3.05) is 0 Å². The maximum atomic E-state index is 11.7. The van der Waals surface area contributed by atoms with Gasteiger partial charge in [-0.15, -0.1) is 0 Å². The first kappa shape index (κ1) is 17.1. The van der Waals surface area contributed by atoms with Crippen LogP contribution in [0.4, 0.5) is 0 Å². The normalized spacial score (nSPS) is 11.2. The Morgan fingerprint density at radius 1 is 1.16 bits per heavy atom. The summed E-state index contributed by atoms with van der Waals surface area (Å²) in [6.07, 6.45) is 3.18. The zero-order chi connectivity index (χ0) is 18.3. The second-order valence-corrected chi connectivity index (χ2v) is 6.92. The number of hydrogen-bond acceptors (Lipinski definition) is 3. The summed E-state index contributed by atoms with van der Waals surface area (Å²) >= 11 is 0. The highest BCUT2D eigenvalue weighted by molar-refractivity contribution is 6.13. The molecule has 4 nitrogen and oxygen atoms in total. The van der Waals surface area contributed by atoms with Gasteiger partial charge in [0.05, 0.1) is 10.9 Å². The monoisotopic (exact) mass is 337 g/mol. The van der Waals surface area contributed by atoms with Gasteiger partial charge >= 0.3 is 0 Å². The quantitative estimate of drug-likeness (QED) is 0.478. The summed E-state index contributed by atoms with van der Waals surface area (Å²) in [6.45, 7) is 7.36. The number of aromatic hydroxyl groups is 2. The molecular formula is C21H23NO3. The predicted octanol–water partition coefficient (Wildman–Crippen LogP) is 4.68. The Hall–Kier alpha value is -2.75. The number of allylic oxidation sites excluding steroid dienone is 2. The van der Waals surface area contributed by atoms with Gasteiger partial charge in [0, 0.05) is 22.9 Å². The zero-order valence-electron chi connectivity index (χ0n) is 15.0.